The number of hydrogen-bond donors (Lipinski definition) is 2. The molecule has 2 aromatic rings. The van der Waals surface area contributed by atoms with Crippen molar-refractivity contribution in [2.45, 2.75) is 59.5 Å². The number of anilines is 1. The Kier molecular flexibility index (Phi) is 5.75. The summed E-state index contributed by atoms with van der Waals surface area (Å²) in [6.45, 7) is 12.2. The molecule has 0 radical (unpaired) electrons. The van der Waals surface area contributed by atoms with Gasteiger partial charge in [-0.1, -0.05) is 83.5 Å². The Hall–Kier alpha value is -2.60. The molecule has 1 heterocycles. The zero-order valence-electron chi connectivity index (χ0n) is 20.4. The predicted molar refractivity (Wildman–Crippen MR) is 132 cm³/mol. The lowest BCUT2D eigenvalue weighted by molar-refractivity contribution is -0.124. The molecule has 4 atom stereocenters. The van der Waals surface area contributed by atoms with Crippen LogP contribution in [0.5, 0.6) is 0 Å². The highest BCUT2D eigenvalue weighted by molar-refractivity contribution is 6.33. The van der Waals surface area contributed by atoms with Gasteiger partial charge in [0.25, 0.3) is 0 Å². The largest absolute Gasteiger partial charge is 0.465 e. The Morgan fingerprint density at radius 3 is 2.24 bits per heavy atom. The van der Waals surface area contributed by atoms with Crippen LogP contribution in [-0.2, 0) is 4.79 Å². The number of benzene rings is 2. The molecule has 1 saturated heterocycles. The molecule has 0 unspecified atom stereocenters. The van der Waals surface area contributed by atoms with E-state index < -0.39 is 29.4 Å². The van der Waals surface area contributed by atoms with E-state index >= 15 is 4.39 Å². The lowest BCUT2D eigenvalue weighted by Crippen LogP contribution is -2.56. The fourth-order valence-electron chi connectivity index (χ4n) is 6.20. The molecule has 182 valence electrons. The monoisotopic (exact) mass is 486 g/mol. The molecule has 0 bridgehead atoms. The standard InChI is InChI=1S/C27H32ClFN2O3/c1-25(2,3)20-17-14-27(17,26(4,5)6)31(24(33)34)22(20)23(32)30-19-13-9-11-16(21(19)29)15-10-7-8-12-18(15)28/h7-13,17,20,22H,14H2,1-6H3,(H,30,32)(H,33,34)/t17-,20+,22+,27-/m1/s1. The fourth-order valence-corrected chi connectivity index (χ4v) is 6.44. The van der Waals surface area contributed by atoms with Crippen molar-refractivity contribution in [3.05, 3.63) is 53.3 Å². The summed E-state index contributed by atoms with van der Waals surface area (Å²) >= 11 is 6.27. The van der Waals surface area contributed by atoms with Gasteiger partial charge in [0.05, 0.1) is 11.2 Å². The van der Waals surface area contributed by atoms with Gasteiger partial charge in [-0.15, -0.1) is 0 Å². The van der Waals surface area contributed by atoms with Crippen LogP contribution in [0.1, 0.15) is 48.0 Å². The van der Waals surface area contributed by atoms with Crippen molar-refractivity contribution in [2.24, 2.45) is 22.7 Å². The number of carboxylic acid groups (broad SMARTS) is 1. The average Bonchev–Trinajstić information content (AvgIpc) is 3.36. The van der Waals surface area contributed by atoms with Gasteiger partial charge in [-0.25, -0.2) is 9.18 Å². The molecular weight excluding hydrogens is 455 g/mol. The molecule has 1 aliphatic carbocycles. The minimum absolute atomic E-state index is 0.00537. The second-order valence-corrected chi connectivity index (χ2v) is 12.0. The van der Waals surface area contributed by atoms with Gasteiger partial charge < -0.3 is 10.4 Å². The number of hydrogen-bond acceptors (Lipinski definition) is 2. The third kappa shape index (κ3) is 3.67. The van der Waals surface area contributed by atoms with Crippen molar-refractivity contribution in [3.8, 4) is 11.1 Å². The van der Waals surface area contributed by atoms with Gasteiger partial charge in [0, 0.05) is 16.1 Å². The SMILES string of the molecule is CC(C)(C)[C@@H]1[C@@H](C(=O)Nc2cccc(-c3ccccc3Cl)c2F)N(C(=O)O)[C@]2(C(C)(C)C)C[C@H]12. The third-order valence-electron chi connectivity index (χ3n) is 7.66. The smallest absolute Gasteiger partial charge is 0.408 e. The fraction of sp³-hybridized carbons (Fsp3) is 0.481. The van der Waals surface area contributed by atoms with E-state index in [0.717, 1.165) is 6.42 Å². The number of carbonyl (C=O) groups is 2. The van der Waals surface area contributed by atoms with Gasteiger partial charge >= 0.3 is 6.09 Å². The normalized spacial score (nSPS) is 26.2. The number of amides is 2. The lowest BCUT2D eigenvalue weighted by atomic mass is 9.73. The summed E-state index contributed by atoms with van der Waals surface area (Å²) in [5.74, 6) is -1.24. The van der Waals surface area contributed by atoms with E-state index in [1.807, 2.05) is 41.5 Å². The first kappa shape index (κ1) is 24.5. The summed E-state index contributed by atoms with van der Waals surface area (Å²) in [7, 11) is 0. The van der Waals surface area contributed by atoms with E-state index in [1.54, 1.807) is 36.4 Å². The maximum atomic E-state index is 15.5. The van der Waals surface area contributed by atoms with Crippen molar-refractivity contribution in [2.75, 3.05) is 5.32 Å². The zero-order chi connectivity index (χ0) is 25.2. The Labute approximate surface area is 205 Å². The van der Waals surface area contributed by atoms with E-state index in [0.29, 0.717) is 10.6 Å². The van der Waals surface area contributed by atoms with Crippen LogP contribution in [0.2, 0.25) is 5.02 Å². The maximum absolute atomic E-state index is 15.5. The van der Waals surface area contributed by atoms with Gasteiger partial charge in [0.1, 0.15) is 6.04 Å². The van der Waals surface area contributed by atoms with E-state index in [4.69, 9.17) is 11.6 Å². The van der Waals surface area contributed by atoms with Crippen LogP contribution < -0.4 is 5.32 Å². The number of carbonyl (C=O) groups excluding carboxylic acids is 1. The number of piperidine rings is 1. The molecule has 1 aliphatic heterocycles. The van der Waals surface area contributed by atoms with Gasteiger partial charge in [-0.2, -0.15) is 0 Å². The van der Waals surface area contributed by atoms with Crippen LogP contribution in [0.15, 0.2) is 42.5 Å². The quantitative estimate of drug-likeness (QED) is 0.495. The summed E-state index contributed by atoms with van der Waals surface area (Å²) in [6.07, 6.45) is -0.389. The van der Waals surface area contributed by atoms with Crippen LogP contribution in [-0.4, -0.2) is 33.6 Å². The predicted octanol–water partition coefficient (Wildman–Crippen LogP) is 6.91. The Morgan fingerprint density at radius 2 is 1.68 bits per heavy atom. The number of likely N-dealkylation sites (tertiary alicyclic amines) is 1. The number of fused-ring (bicyclic) bond motifs is 1. The van der Waals surface area contributed by atoms with Gasteiger partial charge in [0.15, 0.2) is 5.82 Å². The molecule has 2 aliphatic rings. The number of nitrogens with zero attached hydrogens (tertiary/aromatic N) is 1. The van der Waals surface area contributed by atoms with E-state index in [-0.39, 0.29) is 33.9 Å². The highest BCUT2D eigenvalue weighted by atomic mass is 35.5. The molecule has 2 amide bonds. The summed E-state index contributed by atoms with van der Waals surface area (Å²) in [5.41, 5.74) is -0.481. The van der Waals surface area contributed by atoms with Gasteiger partial charge in [0.2, 0.25) is 5.91 Å². The summed E-state index contributed by atoms with van der Waals surface area (Å²) < 4.78 is 15.5. The molecule has 5 nitrogen and oxygen atoms in total. The first-order chi connectivity index (χ1) is 15.7. The number of nitrogens with one attached hydrogen (secondary N) is 1. The molecule has 2 aromatic carbocycles. The minimum Gasteiger partial charge on any atom is -0.465 e. The molecule has 2 fully saturated rings. The van der Waals surface area contributed by atoms with Gasteiger partial charge in [-0.05, 0) is 41.2 Å². The number of rotatable bonds is 3. The van der Waals surface area contributed by atoms with Crippen LogP contribution in [0, 0.1) is 28.5 Å². The average molecular weight is 487 g/mol. The molecular formula is C27H32ClFN2O3. The van der Waals surface area contributed by atoms with Crippen molar-refractivity contribution in [3.63, 3.8) is 0 Å². The highest BCUT2D eigenvalue weighted by Gasteiger charge is 2.78. The summed E-state index contributed by atoms with van der Waals surface area (Å²) in [5, 5.41) is 13.4. The second kappa shape index (κ2) is 7.98. The molecule has 7 heteroatoms. The first-order valence-corrected chi connectivity index (χ1v) is 12.0. The van der Waals surface area contributed by atoms with Gasteiger partial charge in [-0.3, -0.25) is 9.69 Å². The van der Waals surface area contributed by atoms with Crippen LogP contribution >= 0.6 is 11.6 Å². The second-order valence-electron chi connectivity index (χ2n) is 11.6. The van der Waals surface area contributed by atoms with Crippen molar-refractivity contribution in [1.82, 2.24) is 4.90 Å². The summed E-state index contributed by atoms with van der Waals surface area (Å²) in [4.78, 5) is 27.6. The van der Waals surface area contributed by atoms with E-state index in [1.165, 1.54) is 11.0 Å². The molecule has 0 spiro atoms. The molecule has 1 saturated carbocycles. The maximum Gasteiger partial charge on any atom is 0.408 e. The topological polar surface area (TPSA) is 69.6 Å². The molecule has 34 heavy (non-hydrogen) atoms. The van der Waals surface area contributed by atoms with Crippen molar-refractivity contribution < 1.29 is 19.1 Å². The highest BCUT2D eigenvalue weighted by Crippen LogP contribution is 2.70. The Morgan fingerprint density at radius 1 is 1.06 bits per heavy atom. The summed E-state index contributed by atoms with van der Waals surface area (Å²) in [6, 6.07) is 10.7. The minimum atomic E-state index is -1.12. The van der Waals surface area contributed by atoms with Crippen LogP contribution in [0.4, 0.5) is 14.9 Å². The first-order valence-electron chi connectivity index (χ1n) is 11.6. The van der Waals surface area contributed by atoms with Crippen LogP contribution in [0.3, 0.4) is 0 Å². The molecule has 0 aromatic heterocycles. The Balaban J connectivity index is 1.73. The molecule has 2 N–H and O–H groups in total. The van der Waals surface area contributed by atoms with Crippen LogP contribution in [0.25, 0.3) is 11.1 Å². The van der Waals surface area contributed by atoms with E-state index in [2.05, 4.69) is 5.32 Å². The number of halogens is 2. The lowest BCUT2D eigenvalue weighted by Gasteiger charge is -2.41. The third-order valence-corrected chi connectivity index (χ3v) is 7.99. The Bertz CT molecular complexity index is 1150. The molecule has 4 rings (SSSR count). The zero-order valence-corrected chi connectivity index (χ0v) is 21.2. The van der Waals surface area contributed by atoms with E-state index in [9.17, 15) is 14.7 Å². The van der Waals surface area contributed by atoms with Crippen molar-refractivity contribution >= 4 is 29.3 Å². The van der Waals surface area contributed by atoms with Crippen molar-refractivity contribution in [1.29, 1.82) is 0 Å².